The van der Waals surface area contributed by atoms with E-state index in [4.69, 9.17) is 14.6 Å². The molecule has 152 valence electrons. The van der Waals surface area contributed by atoms with Gasteiger partial charge in [-0.1, -0.05) is 6.07 Å². The number of hydrogen-bond donors (Lipinski definition) is 2. The van der Waals surface area contributed by atoms with E-state index >= 15 is 0 Å². The standard InChI is InChI=1S/C20H27N3O5/c1-14(2)23-10-8-22(9-11-23)12-15(28-20(26)19(24)25)13-27-18-5-3-4-17-16(18)6-7-21-17/h3-7,14-15,21H,8-13H2,1-2H3,(H,24,25)/t15-/m0/s1. The number of carboxylic acid groups (broad SMARTS) is 1. The van der Waals surface area contributed by atoms with Gasteiger partial charge in [0, 0.05) is 55.9 Å². The summed E-state index contributed by atoms with van der Waals surface area (Å²) >= 11 is 0. The number of hydrogen-bond acceptors (Lipinski definition) is 6. The molecule has 8 heteroatoms. The van der Waals surface area contributed by atoms with Crippen LogP contribution >= 0.6 is 0 Å². The first kappa shape index (κ1) is 20.2. The Kier molecular flexibility index (Phi) is 6.53. The maximum Gasteiger partial charge on any atom is 0.417 e. The third-order valence-electron chi connectivity index (χ3n) is 5.03. The van der Waals surface area contributed by atoms with Crippen LogP contribution in [-0.2, 0) is 14.3 Å². The number of esters is 1. The molecule has 2 heterocycles. The highest BCUT2D eigenvalue weighted by molar-refractivity contribution is 6.28. The minimum atomic E-state index is -1.60. The van der Waals surface area contributed by atoms with Gasteiger partial charge in [-0.05, 0) is 32.0 Å². The molecule has 1 fully saturated rings. The molecule has 1 atom stereocenters. The highest BCUT2D eigenvalue weighted by Gasteiger charge is 2.26. The molecule has 0 saturated carbocycles. The quantitative estimate of drug-likeness (QED) is 0.548. The Morgan fingerprint density at radius 2 is 1.93 bits per heavy atom. The number of carboxylic acids is 1. The number of H-pyrrole nitrogens is 1. The molecule has 1 aromatic heterocycles. The maximum absolute atomic E-state index is 11.6. The first-order valence-corrected chi connectivity index (χ1v) is 9.53. The van der Waals surface area contributed by atoms with Crippen molar-refractivity contribution in [2.24, 2.45) is 0 Å². The SMILES string of the molecule is CC(C)N1CCN(C[C@@H](COc2cccc3[nH]ccc23)OC(=O)C(=O)O)CC1. The molecule has 1 aliphatic heterocycles. The van der Waals surface area contributed by atoms with Gasteiger partial charge < -0.3 is 19.6 Å². The predicted molar refractivity (Wildman–Crippen MR) is 104 cm³/mol. The van der Waals surface area contributed by atoms with Crippen molar-refractivity contribution in [2.45, 2.75) is 26.0 Å². The Hall–Kier alpha value is -2.58. The zero-order chi connectivity index (χ0) is 20.1. The summed E-state index contributed by atoms with van der Waals surface area (Å²) < 4.78 is 11.1. The molecule has 1 aromatic carbocycles. The van der Waals surface area contributed by atoms with Crippen molar-refractivity contribution >= 4 is 22.8 Å². The summed E-state index contributed by atoms with van der Waals surface area (Å²) in [5, 5.41) is 9.82. The Balaban J connectivity index is 1.63. The molecule has 3 rings (SSSR count). The fraction of sp³-hybridized carbons (Fsp3) is 0.500. The normalized spacial score (nSPS) is 17.0. The third kappa shape index (κ3) is 5.02. The molecule has 0 radical (unpaired) electrons. The van der Waals surface area contributed by atoms with E-state index < -0.39 is 18.0 Å². The molecule has 28 heavy (non-hydrogen) atoms. The lowest BCUT2D eigenvalue weighted by atomic mass is 10.2. The summed E-state index contributed by atoms with van der Waals surface area (Å²) in [6.07, 6.45) is 1.16. The zero-order valence-electron chi connectivity index (χ0n) is 16.3. The van der Waals surface area contributed by atoms with Gasteiger partial charge in [0.25, 0.3) is 0 Å². The number of carbonyl (C=O) groups excluding carboxylic acids is 1. The van der Waals surface area contributed by atoms with Crippen LogP contribution in [0.3, 0.4) is 0 Å². The number of carbonyl (C=O) groups is 2. The number of aromatic amines is 1. The molecular weight excluding hydrogens is 362 g/mol. The molecule has 8 nitrogen and oxygen atoms in total. The number of nitrogens with zero attached hydrogens (tertiary/aromatic N) is 2. The van der Waals surface area contributed by atoms with Gasteiger partial charge in [0.15, 0.2) is 0 Å². The lowest BCUT2D eigenvalue weighted by Crippen LogP contribution is -2.51. The number of aliphatic carboxylic acids is 1. The molecule has 0 spiro atoms. The van der Waals surface area contributed by atoms with Crippen LogP contribution in [0.2, 0.25) is 0 Å². The van der Waals surface area contributed by atoms with Gasteiger partial charge >= 0.3 is 11.9 Å². The van der Waals surface area contributed by atoms with E-state index in [9.17, 15) is 9.59 Å². The van der Waals surface area contributed by atoms with Crippen molar-refractivity contribution in [2.75, 3.05) is 39.3 Å². The monoisotopic (exact) mass is 389 g/mol. The summed E-state index contributed by atoms with van der Waals surface area (Å²) in [6.45, 7) is 8.41. The van der Waals surface area contributed by atoms with Gasteiger partial charge in [0.1, 0.15) is 18.5 Å². The summed E-state index contributed by atoms with van der Waals surface area (Å²) in [5.41, 5.74) is 0.946. The van der Waals surface area contributed by atoms with Crippen molar-refractivity contribution < 1.29 is 24.2 Å². The number of piperazine rings is 1. The van der Waals surface area contributed by atoms with Crippen molar-refractivity contribution in [1.29, 1.82) is 0 Å². The summed E-state index contributed by atoms with van der Waals surface area (Å²) in [6, 6.07) is 8.06. The van der Waals surface area contributed by atoms with E-state index in [1.807, 2.05) is 30.5 Å². The van der Waals surface area contributed by atoms with Gasteiger partial charge in [-0.2, -0.15) is 0 Å². The Labute approximate surface area is 164 Å². The van der Waals surface area contributed by atoms with E-state index in [-0.39, 0.29) is 6.61 Å². The highest BCUT2D eigenvalue weighted by atomic mass is 16.6. The first-order chi connectivity index (χ1) is 13.4. The molecule has 0 amide bonds. The van der Waals surface area contributed by atoms with Crippen LogP contribution in [0.15, 0.2) is 30.5 Å². The number of rotatable bonds is 7. The van der Waals surface area contributed by atoms with E-state index in [2.05, 4.69) is 28.6 Å². The van der Waals surface area contributed by atoms with Gasteiger partial charge in [0.05, 0.1) is 0 Å². The lowest BCUT2D eigenvalue weighted by Gasteiger charge is -2.38. The van der Waals surface area contributed by atoms with Crippen LogP contribution in [0.1, 0.15) is 13.8 Å². The van der Waals surface area contributed by atoms with Crippen molar-refractivity contribution in [3.63, 3.8) is 0 Å². The van der Waals surface area contributed by atoms with Crippen molar-refractivity contribution in [1.82, 2.24) is 14.8 Å². The second-order valence-electron chi connectivity index (χ2n) is 7.27. The second kappa shape index (κ2) is 9.07. The number of nitrogens with one attached hydrogen (secondary N) is 1. The number of aromatic nitrogens is 1. The van der Waals surface area contributed by atoms with Crippen LogP contribution in [-0.4, -0.2) is 83.3 Å². The molecule has 2 aromatic rings. The fourth-order valence-electron chi connectivity index (χ4n) is 3.44. The van der Waals surface area contributed by atoms with Crippen LogP contribution in [0, 0.1) is 0 Å². The number of fused-ring (bicyclic) bond motifs is 1. The van der Waals surface area contributed by atoms with Crippen LogP contribution in [0.4, 0.5) is 0 Å². The van der Waals surface area contributed by atoms with E-state index in [1.165, 1.54) is 0 Å². The molecular formula is C20H27N3O5. The third-order valence-corrected chi connectivity index (χ3v) is 5.03. The summed E-state index contributed by atoms with van der Waals surface area (Å²) in [4.78, 5) is 30.2. The molecule has 1 saturated heterocycles. The van der Waals surface area contributed by atoms with E-state index in [0.29, 0.717) is 18.3 Å². The Bertz CT molecular complexity index is 811. The minimum absolute atomic E-state index is 0.0910. The van der Waals surface area contributed by atoms with Crippen LogP contribution < -0.4 is 4.74 Å². The second-order valence-corrected chi connectivity index (χ2v) is 7.27. The topological polar surface area (TPSA) is 95.1 Å². The summed E-state index contributed by atoms with van der Waals surface area (Å²) in [7, 11) is 0. The van der Waals surface area contributed by atoms with Gasteiger partial charge in [-0.15, -0.1) is 0 Å². The van der Waals surface area contributed by atoms with Gasteiger partial charge in [0.2, 0.25) is 0 Å². The highest BCUT2D eigenvalue weighted by Crippen LogP contribution is 2.24. The first-order valence-electron chi connectivity index (χ1n) is 9.53. The molecule has 1 aliphatic rings. The minimum Gasteiger partial charge on any atom is -0.489 e. The summed E-state index contributed by atoms with van der Waals surface area (Å²) in [5.74, 6) is -2.18. The van der Waals surface area contributed by atoms with E-state index in [1.54, 1.807) is 0 Å². The fourth-order valence-corrected chi connectivity index (χ4v) is 3.44. The molecule has 0 unspecified atom stereocenters. The van der Waals surface area contributed by atoms with Crippen LogP contribution in [0.25, 0.3) is 10.9 Å². The van der Waals surface area contributed by atoms with Crippen molar-refractivity contribution in [3.05, 3.63) is 30.5 Å². The molecule has 2 N–H and O–H groups in total. The number of benzene rings is 1. The van der Waals surface area contributed by atoms with Crippen LogP contribution in [0.5, 0.6) is 5.75 Å². The number of ether oxygens (including phenoxy) is 2. The van der Waals surface area contributed by atoms with E-state index in [0.717, 1.165) is 37.1 Å². The zero-order valence-corrected chi connectivity index (χ0v) is 16.3. The average Bonchev–Trinajstić information content (AvgIpc) is 3.15. The van der Waals surface area contributed by atoms with Gasteiger partial charge in [-0.3, -0.25) is 9.80 Å². The molecule has 0 bridgehead atoms. The Morgan fingerprint density at radius 3 is 2.61 bits per heavy atom. The molecule has 0 aliphatic carbocycles. The lowest BCUT2D eigenvalue weighted by molar-refractivity contribution is -0.169. The van der Waals surface area contributed by atoms with Gasteiger partial charge in [-0.25, -0.2) is 9.59 Å². The maximum atomic E-state index is 11.6. The predicted octanol–water partition coefficient (Wildman–Crippen LogP) is 1.57. The average molecular weight is 389 g/mol. The van der Waals surface area contributed by atoms with Crippen molar-refractivity contribution in [3.8, 4) is 5.75 Å². The Morgan fingerprint density at radius 1 is 1.18 bits per heavy atom. The largest absolute Gasteiger partial charge is 0.489 e. The smallest absolute Gasteiger partial charge is 0.417 e.